The third-order valence-electron chi connectivity index (χ3n) is 1.28. The van der Waals surface area contributed by atoms with Gasteiger partial charge in [0.15, 0.2) is 6.23 Å². The number of methoxy groups -OCH3 is 1. The maximum absolute atomic E-state index is 4.99. The van der Waals surface area contributed by atoms with Crippen molar-refractivity contribution in [1.82, 2.24) is 0 Å². The van der Waals surface area contributed by atoms with Gasteiger partial charge < -0.3 is 4.74 Å². The molecule has 2 atom stereocenters. The van der Waals surface area contributed by atoms with Crippen LogP contribution in [0.15, 0.2) is 9.98 Å². The molecular formula is C6H10N2O. The summed E-state index contributed by atoms with van der Waals surface area (Å²) in [4.78, 5) is 8.12. The summed E-state index contributed by atoms with van der Waals surface area (Å²) in [6.07, 6.45) is 3.28. The van der Waals surface area contributed by atoms with Crippen LogP contribution in [-0.2, 0) is 4.74 Å². The van der Waals surface area contributed by atoms with Crippen LogP contribution in [0.1, 0.15) is 6.92 Å². The molecule has 0 spiro atoms. The minimum atomic E-state index is -0.0741. The summed E-state index contributed by atoms with van der Waals surface area (Å²) < 4.78 is 4.99. The van der Waals surface area contributed by atoms with E-state index in [0.717, 1.165) is 0 Å². The molecule has 0 bridgehead atoms. The molecule has 1 aliphatic rings. The molecule has 0 aromatic rings. The lowest BCUT2D eigenvalue weighted by atomic mass is 10.3. The molecular weight excluding hydrogens is 116 g/mol. The first-order chi connectivity index (χ1) is 4.34. The average Bonchev–Trinajstić information content (AvgIpc) is 1.89. The summed E-state index contributed by atoms with van der Waals surface area (Å²) >= 11 is 0. The van der Waals surface area contributed by atoms with Crippen molar-refractivity contribution in [2.75, 3.05) is 7.11 Å². The molecule has 2 unspecified atom stereocenters. The molecule has 3 nitrogen and oxygen atoms in total. The number of hydrogen-bond acceptors (Lipinski definition) is 3. The van der Waals surface area contributed by atoms with Crippen LogP contribution in [0.25, 0.3) is 0 Å². The van der Waals surface area contributed by atoms with E-state index >= 15 is 0 Å². The van der Waals surface area contributed by atoms with Crippen LogP contribution in [0.2, 0.25) is 0 Å². The SMILES string of the molecule is COC1N=CC=NC1C. The molecule has 1 heterocycles. The van der Waals surface area contributed by atoms with Gasteiger partial charge in [-0.3, -0.25) is 9.98 Å². The molecule has 0 saturated heterocycles. The first-order valence-corrected chi connectivity index (χ1v) is 2.92. The number of aliphatic imine (C=N–C) groups is 2. The van der Waals surface area contributed by atoms with E-state index in [2.05, 4.69) is 9.98 Å². The van der Waals surface area contributed by atoms with Crippen molar-refractivity contribution < 1.29 is 4.74 Å². The lowest BCUT2D eigenvalue weighted by Gasteiger charge is -2.16. The Balaban J connectivity index is 2.55. The summed E-state index contributed by atoms with van der Waals surface area (Å²) in [6, 6.07) is 0.167. The van der Waals surface area contributed by atoms with Crippen molar-refractivity contribution in [2.45, 2.75) is 19.2 Å². The number of hydrogen-bond donors (Lipinski definition) is 0. The number of ether oxygens (including phenoxy) is 1. The van der Waals surface area contributed by atoms with Crippen molar-refractivity contribution in [2.24, 2.45) is 9.98 Å². The Morgan fingerprint density at radius 1 is 1.33 bits per heavy atom. The second kappa shape index (κ2) is 2.73. The predicted molar refractivity (Wildman–Crippen MR) is 37.2 cm³/mol. The second-order valence-corrected chi connectivity index (χ2v) is 1.96. The fourth-order valence-corrected chi connectivity index (χ4v) is 0.754. The Morgan fingerprint density at radius 2 is 2.00 bits per heavy atom. The molecule has 0 N–H and O–H groups in total. The number of rotatable bonds is 1. The molecule has 50 valence electrons. The molecule has 0 radical (unpaired) electrons. The zero-order chi connectivity index (χ0) is 6.69. The van der Waals surface area contributed by atoms with Gasteiger partial charge in [0.05, 0.1) is 6.04 Å². The van der Waals surface area contributed by atoms with E-state index in [1.54, 1.807) is 19.5 Å². The standard InChI is InChI=1S/C6H10N2O/c1-5-6(9-2)8-4-3-7-5/h3-6H,1-2H3. The highest BCUT2D eigenvalue weighted by molar-refractivity contribution is 6.16. The van der Waals surface area contributed by atoms with Crippen LogP contribution in [0.4, 0.5) is 0 Å². The van der Waals surface area contributed by atoms with E-state index in [4.69, 9.17) is 4.74 Å². The fourth-order valence-electron chi connectivity index (χ4n) is 0.754. The van der Waals surface area contributed by atoms with Gasteiger partial charge in [0, 0.05) is 19.5 Å². The van der Waals surface area contributed by atoms with Gasteiger partial charge in [0.1, 0.15) is 0 Å². The summed E-state index contributed by atoms with van der Waals surface area (Å²) in [6.45, 7) is 1.97. The highest BCUT2D eigenvalue weighted by Crippen LogP contribution is 2.04. The smallest absolute Gasteiger partial charge is 0.169 e. The fraction of sp³-hybridized carbons (Fsp3) is 0.667. The zero-order valence-corrected chi connectivity index (χ0v) is 5.61. The summed E-state index contributed by atoms with van der Waals surface area (Å²) in [5.41, 5.74) is 0. The van der Waals surface area contributed by atoms with E-state index in [9.17, 15) is 0 Å². The van der Waals surface area contributed by atoms with Gasteiger partial charge in [-0.1, -0.05) is 0 Å². The minimum Gasteiger partial charge on any atom is -0.358 e. The van der Waals surface area contributed by atoms with Gasteiger partial charge in [0.25, 0.3) is 0 Å². The first-order valence-electron chi connectivity index (χ1n) is 2.92. The van der Waals surface area contributed by atoms with Gasteiger partial charge in [0.2, 0.25) is 0 Å². The molecule has 0 saturated carbocycles. The first kappa shape index (κ1) is 6.42. The maximum Gasteiger partial charge on any atom is 0.169 e. The van der Waals surface area contributed by atoms with Gasteiger partial charge in [-0.2, -0.15) is 0 Å². The lowest BCUT2D eigenvalue weighted by molar-refractivity contribution is 0.0932. The van der Waals surface area contributed by atoms with Gasteiger partial charge >= 0.3 is 0 Å². The molecule has 0 amide bonds. The van der Waals surface area contributed by atoms with Crippen LogP contribution >= 0.6 is 0 Å². The Kier molecular flexibility index (Phi) is 1.95. The highest BCUT2D eigenvalue weighted by atomic mass is 16.5. The summed E-state index contributed by atoms with van der Waals surface area (Å²) in [5.74, 6) is 0. The molecule has 0 aliphatic carbocycles. The van der Waals surface area contributed by atoms with Crippen molar-refractivity contribution in [3.63, 3.8) is 0 Å². The third kappa shape index (κ3) is 1.36. The molecule has 1 aliphatic heterocycles. The van der Waals surface area contributed by atoms with E-state index in [0.29, 0.717) is 0 Å². The Morgan fingerprint density at radius 3 is 2.44 bits per heavy atom. The van der Waals surface area contributed by atoms with Crippen LogP contribution in [-0.4, -0.2) is 31.8 Å². The normalized spacial score (nSPS) is 33.1. The number of nitrogens with zero attached hydrogens (tertiary/aromatic N) is 2. The highest BCUT2D eigenvalue weighted by Gasteiger charge is 2.13. The van der Waals surface area contributed by atoms with E-state index in [1.165, 1.54) is 0 Å². The maximum atomic E-state index is 4.99. The molecule has 0 aromatic heterocycles. The van der Waals surface area contributed by atoms with E-state index in [1.807, 2.05) is 6.92 Å². The van der Waals surface area contributed by atoms with Crippen LogP contribution in [0, 0.1) is 0 Å². The van der Waals surface area contributed by atoms with Crippen LogP contribution in [0.5, 0.6) is 0 Å². The third-order valence-corrected chi connectivity index (χ3v) is 1.28. The predicted octanol–water partition coefficient (Wildman–Crippen LogP) is 0.503. The van der Waals surface area contributed by atoms with Crippen molar-refractivity contribution >= 4 is 12.4 Å². The Hall–Kier alpha value is -0.700. The summed E-state index contributed by atoms with van der Waals surface area (Å²) in [7, 11) is 1.64. The minimum absolute atomic E-state index is 0.0741. The van der Waals surface area contributed by atoms with E-state index in [-0.39, 0.29) is 12.3 Å². The monoisotopic (exact) mass is 126 g/mol. The molecule has 3 heteroatoms. The second-order valence-electron chi connectivity index (χ2n) is 1.96. The van der Waals surface area contributed by atoms with Gasteiger partial charge in [-0.25, -0.2) is 0 Å². The Bertz CT molecular complexity index is 142. The molecule has 0 aromatic carbocycles. The van der Waals surface area contributed by atoms with Crippen molar-refractivity contribution in [3.05, 3.63) is 0 Å². The lowest BCUT2D eigenvalue weighted by Crippen LogP contribution is -2.24. The van der Waals surface area contributed by atoms with Crippen LogP contribution in [0.3, 0.4) is 0 Å². The average molecular weight is 126 g/mol. The zero-order valence-electron chi connectivity index (χ0n) is 5.61. The quantitative estimate of drug-likeness (QED) is 0.503. The van der Waals surface area contributed by atoms with Gasteiger partial charge in [-0.05, 0) is 6.92 Å². The van der Waals surface area contributed by atoms with Gasteiger partial charge in [-0.15, -0.1) is 0 Å². The summed E-state index contributed by atoms with van der Waals surface area (Å²) in [5, 5.41) is 0. The van der Waals surface area contributed by atoms with E-state index < -0.39 is 0 Å². The molecule has 0 fully saturated rings. The Labute approximate surface area is 54.5 Å². The van der Waals surface area contributed by atoms with Crippen molar-refractivity contribution in [3.8, 4) is 0 Å². The molecule has 9 heavy (non-hydrogen) atoms. The largest absolute Gasteiger partial charge is 0.358 e. The van der Waals surface area contributed by atoms with Crippen molar-refractivity contribution in [1.29, 1.82) is 0 Å². The topological polar surface area (TPSA) is 34.0 Å². The van der Waals surface area contributed by atoms with Crippen LogP contribution < -0.4 is 0 Å². The molecule has 1 rings (SSSR count).